The molecular weight excluding hydrogens is 281 g/mol. The molecule has 0 aliphatic carbocycles. The summed E-state index contributed by atoms with van der Waals surface area (Å²) in [6, 6.07) is 0. The Kier molecular flexibility index (Phi) is 4.46. The Morgan fingerprint density at radius 1 is 0.727 bits per heavy atom. The van der Waals surface area contributed by atoms with Crippen LogP contribution in [0.3, 0.4) is 0 Å². The molecule has 9 heteroatoms. The van der Waals surface area contributed by atoms with E-state index in [1.165, 1.54) is 0 Å². The van der Waals surface area contributed by atoms with Crippen LogP contribution in [0.4, 0.5) is 26.3 Å². The van der Waals surface area contributed by atoms with Gasteiger partial charge in [0.15, 0.2) is 0 Å². The van der Waals surface area contributed by atoms with Gasteiger partial charge in [0.25, 0.3) is 0 Å². The molecule has 0 bridgehead atoms. The minimum atomic E-state index is -4.56. The van der Waals surface area contributed by atoms with Crippen LogP contribution in [0.2, 0.25) is 0 Å². The molecule has 0 fully saturated rings. The molecule has 0 unspecified atom stereocenters. The monoisotopic (exact) mass is 282 g/mol. The first-order valence-corrected chi connectivity index (χ1v) is 7.55. The SMILES string of the molecule is FC(F)(F)S[Se]SC(F)(F)F. The molecule has 0 aliphatic heterocycles. The second kappa shape index (κ2) is 4.15. The summed E-state index contributed by atoms with van der Waals surface area (Å²) in [7, 11) is -1.27. The minimum absolute atomic E-state index is 0.634. The van der Waals surface area contributed by atoms with Gasteiger partial charge in [0, 0.05) is 0 Å². The molecule has 0 N–H and O–H groups in total. The fourth-order valence-electron chi connectivity index (χ4n) is 0.0942. The standard InChI is InChI=1S/C2F6S2Se/c3-1(4,5)9-11-10-2(6,7)8. The van der Waals surface area contributed by atoms with Gasteiger partial charge in [-0.05, 0) is 0 Å². The summed E-state index contributed by atoms with van der Waals surface area (Å²) in [5.74, 6) is 0. The molecule has 0 radical (unpaired) electrons. The Bertz CT molecular complexity index is 103. The van der Waals surface area contributed by atoms with Gasteiger partial charge >= 0.3 is 70.4 Å². The summed E-state index contributed by atoms with van der Waals surface area (Å²) < 4.78 is 67.4. The fraction of sp³-hybridized carbons (Fsp3) is 1.00. The van der Waals surface area contributed by atoms with Crippen LogP contribution >= 0.6 is 20.4 Å². The van der Waals surface area contributed by atoms with Crippen molar-refractivity contribution >= 4 is 33.1 Å². The number of hydrogen-bond donors (Lipinski definition) is 0. The molecule has 0 aromatic rings. The van der Waals surface area contributed by atoms with Crippen molar-refractivity contribution in [2.45, 2.75) is 11.0 Å². The molecule has 0 spiro atoms. The summed E-state index contributed by atoms with van der Waals surface area (Å²) in [6.45, 7) is 0. The quantitative estimate of drug-likeness (QED) is 0.563. The molecule has 0 saturated carbocycles. The molecule has 0 amide bonds. The fourth-order valence-corrected chi connectivity index (χ4v) is 4.40. The molecule has 0 heterocycles. The van der Waals surface area contributed by atoms with Crippen molar-refractivity contribution in [3.05, 3.63) is 0 Å². The van der Waals surface area contributed by atoms with E-state index in [1.807, 2.05) is 0 Å². The Hall–Kier alpha value is 0.799. The van der Waals surface area contributed by atoms with E-state index in [0.29, 0.717) is 0 Å². The number of hydrogen-bond acceptors (Lipinski definition) is 2. The second-order valence-corrected chi connectivity index (χ2v) is 7.60. The summed E-state index contributed by atoms with van der Waals surface area (Å²) >= 11 is -1.57. The predicted molar refractivity (Wildman–Crippen MR) is 33.0 cm³/mol. The second-order valence-electron chi connectivity index (χ2n) is 1.13. The van der Waals surface area contributed by atoms with Crippen molar-refractivity contribution in [1.82, 2.24) is 0 Å². The van der Waals surface area contributed by atoms with Gasteiger partial charge in [0.1, 0.15) is 0 Å². The van der Waals surface area contributed by atoms with Crippen LogP contribution in [0.1, 0.15) is 0 Å². The molecule has 0 nitrogen and oxygen atoms in total. The average molecular weight is 281 g/mol. The first-order chi connectivity index (χ1) is 4.71. The zero-order valence-corrected chi connectivity index (χ0v) is 7.84. The van der Waals surface area contributed by atoms with Crippen LogP contribution < -0.4 is 0 Å². The van der Waals surface area contributed by atoms with Crippen LogP contribution in [-0.2, 0) is 0 Å². The zero-order chi connectivity index (χ0) is 9.12. The Balaban J connectivity index is 3.44. The summed E-state index contributed by atoms with van der Waals surface area (Å²) in [5.41, 5.74) is -9.11. The number of rotatable bonds is 2. The van der Waals surface area contributed by atoms with E-state index in [2.05, 4.69) is 0 Å². The average Bonchev–Trinajstić information content (AvgIpc) is 1.55. The summed E-state index contributed by atoms with van der Waals surface area (Å²) in [6.07, 6.45) is 0. The Labute approximate surface area is 70.8 Å². The number of alkyl halides is 6. The maximum atomic E-state index is 11.2. The molecule has 0 aromatic heterocycles. The molecular formula is C2F6S2Se. The first kappa shape index (κ1) is 11.8. The third-order valence-corrected chi connectivity index (χ3v) is 6.13. The van der Waals surface area contributed by atoms with E-state index in [0.717, 1.165) is 0 Å². The van der Waals surface area contributed by atoms with E-state index >= 15 is 0 Å². The van der Waals surface area contributed by atoms with Crippen molar-refractivity contribution in [2.75, 3.05) is 0 Å². The topological polar surface area (TPSA) is 0 Å². The van der Waals surface area contributed by atoms with Crippen molar-refractivity contribution in [3.63, 3.8) is 0 Å². The Morgan fingerprint density at radius 2 is 1.00 bits per heavy atom. The van der Waals surface area contributed by atoms with E-state index in [-0.39, 0.29) is 0 Å². The van der Waals surface area contributed by atoms with Gasteiger partial charge < -0.3 is 0 Å². The van der Waals surface area contributed by atoms with Crippen LogP contribution in [0.5, 0.6) is 0 Å². The predicted octanol–water partition coefficient (Wildman–Crippen LogP) is 3.03. The zero-order valence-electron chi connectivity index (χ0n) is 4.49. The molecule has 0 rings (SSSR count). The number of halogens is 6. The van der Waals surface area contributed by atoms with Gasteiger partial charge in [-0.3, -0.25) is 0 Å². The van der Waals surface area contributed by atoms with Crippen LogP contribution in [0.15, 0.2) is 0 Å². The van der Waals surface area contributed by atoms with Crippen molar-refractivity contribution in [1.29, 1.82) is 0 Å². The normalized spacial score (nSPS) is 13.6. The Morgan fingerprint density at radius 3 is 1.18 bits per heavy atom. The van der Waals surface area contributed by atoms with Gasteiger partial charge in [-0.15, -0.1) is 0 Å². The van der Waals surface area contributed by atoms with Crippen molar-refractivity contribution in [3.8, 4) is 0 Å². The van der Waals surface area contributed by atoms with Gasteiger partial charge in [-0.25, -0.2) is 0 Å². The van der Waals surface area contributed by atoms with E-state index in [4.69, 9.17) is 0 Å². The van der Waals surface area contributed by atoms with Crippen molar-refractivity contribution < 1.29 is 26.3 Å². The third-order valence-electron chi connectivity index (χ3n) is 0.257. The third kappa shape index (κ3) is 10.8. The van der Waals surface area contributed by atoms with Gasteiger partial charge in [-0.2, -0.15) is 0 Å². The van der Waals surface area contributed by atoms with Crippen LogP contribution in [0.25, 0.3) is 0 Å². The molecule has 0 saturated heterocycles. The molecule has 0 atom stereocenters. The summed E-state index contributed by atoms with van der Waals surface area (Å²) in [5, 5.41) is 0. The van der Waals surface area contributed by atoms with Crippen molar-refractivity contribution in [2.24, 2.45) is 0 Å². The van der Waals surface area contributed by atoms with Gasteiger partial charge in [0.05, 0.1) is 0 Å². The molecule has 11 heavy (non-hydrogen) atoms. The van der Waals surface area contributed by atoms with Gasteiger partial charge in [0.2, 0.25) is 0 Å². The van der Waals surface area contributed by atoms with E-state index in [1.54, 1.807) is 0 Å². The first-order valence-electron chi connectivity index (χ1n) is 1.88. The van der Waals surface area contributed by atoms with Gasteiger partial charge in [-0.1, -0.05) is 0 Å². The van der Waals surface area contributed by atoms with Crippen LogP contribution in [-0.4, -0.2) is 23.7 Å². The van der Waals surface area contributed by atoms with E-state index in [9.17, 15) is 26.3 Å². The van der Waals surface area contributed by atoms with Crippen LogP contribution in [0, 0.1) is 0 Å². The molecule has 0 aromatic carbocycles. The maximum absolute atomic E-state index is 11.2. The van der Waals surface area contributed by atoms with E-state index < -0.39 is 44.1 Å². The summed E-state index contributed by atoms with van der Waals surface area (Å²) in [4.78, 5) is 0. The molecule has 68 valence electrons. The molecule has 0 aliphatic rings.